The molecule has 2 rings (SSSR count). The summed E-state index contributed by atoms with van der Waals surface area (Å²) < 4.78 is 5.26. The maximum absolute atomic E-state index is 9.49. The molecule has 0 aliphatic carbocycles. The fraction of sp³-hybridized carbons (Fsp3) is 0.333. The average Bonchev–Trinajstić information content (AvgIpc) is 2.02. The van der Waals surface area contributed by atoms with Gasteiger partial charge in [-0.15, -0.1) is 0 Å². The normalized spacial score (nSPS) is 20.5. The minimum atomic E-state index is -0.204. The summed E-state index contributed by atoms with van der Waals surface area (Å²) in [4.78, 5) is 0. The fourth-order valence-electron chi connectivity index (χ4n) is 1.53. The topological polar surface area (TPSA) is 75.7 Å². The van der Waals surface area contributed by atoms with Gasteiger partial charge >= 0.3 is 0 Å². The van der Waals surface area contributed by atoms with E-state index in [-0.39, 0.29) is 17.5 Å². The van der Waals surface area contributed by atoms with Gasteiger partial charge in [-0.3, -0.25) is 0 Å². The molecule has 0 unspecified atom stereocenters. The highest BCUT2D eigenvalue weighted by atomic mass is 16.5. The van der Waals surface area contributed by atoms with Crippen LogP contribution in [-0.2, 0) is 0 Å². The van der Waals surface area contributed by atoms with Gasteiger partial charge < -0.3 is 20.7 Å². The van der Waals surface area contributed by atoms with E-state index in [4.69, 9.17) is 10.5 Å². The molecule has 0 fully saturated rings. The van der Waals surface area contributed by atoms with Crippen molar-refractivity contribution in [2.24, 2.45) is 5.73 Å². The number of hydrogen-bond donors (Lipinski definition) is 3. The number of nitrogens with two attached hydrogens (primary N) is 1. The summed E-state index contributed by atoms with van der Waals surface area (Å²) in [6, 6.07) is 2.53. The molecule has 4 N–H and O–H groups in total. The van der Waals surface area contributed by atoms with Crippen LogP contribution < -0.4 is 10.5 Å². The number of benzene rings is 1. The molecule has 0 aromatic heterocycles. The van der Waals surface area contributed by atoms with Crippen molar-refractivity contribution in [3.63, 3.8) is 0 Å². The lowest BCUT2D eigenvalue weighted by atomic mass is 10.0. The van der Waals surface area contributed by atoms with Crippen molar-refractivity contribution >= 4 is 0 Å². The number of rotatable bonds is 0. The summed E-state index contributed by atoms with van der Waals surface area (Å²) in [6.07, 6.45) is 0.686. The molecule has 1 atom stereocenters. The minimum Gasteiger partial charge on any atom is -0.508 e. The molecule has 0 spiro atoms. The van der Waals surface area contributed by atoms with Crippen LogP contribution in [0, 0.1) is 0 Å². The van der Waals surface area contributed by atoms with Gasteiger partial charge in [0.2, 0.25) is 0 Å². The highest BCUT2D eigenvalue weighted by Gasteiger charge is 2.22. The summed E-state index contributed by atoms with van der Waals surface area (Å²) in [5, 5.41) is 18.7. The number of phenols is 2. The first-order valence-electron chi connectivity index (χ1n) is 4.12. The summed E-state index contributed by atoms with van der Waals surface area (Å²) >= 11 is 0. The Balaban J connectivity index is 2.56. The van der Waals surface area contributed by atoms with E-state index in [9.17, 15) is 10.2 Å². The molecule has 1 aromatic carbocycles. The largest absolute Gasteiger partial charge is 0.508 e. The first-order valence-corrected chi connectivity index (χ1v) is 4.12. The molecule has 1 aromatic rings. The Labute approximate surface area is 75.6 Å². The first-order chi connectivity index (χ1) is 6.18. The first kappa shape index (κ1) is 8.19. The number of phenolic OH excluding ortho intramolecular Hbond substituents is 2. The maximum atomic E-state index is 9.49. The van der Waals surface area contributed by atoms with E-state index in [2.05, 4.69) is 0 Å². The molecule has 0 saturated carbocycles. The highest BCUT2D eigenvalue weighted by Crippen LogP contribution is 2.39. The van der Waals surface area contributed by atoms with Crippen LogP contribution in [0.15, 0.2) is 12.1 Å². The summed E-state index contributed by atoms with van der Waals surface area (Å²) in [5.41, 5.74) is 6.36. The third-order valence-corrected chi connectivity index (χ3v) is 2.16. The van der Waals surface area contributed by atoms with Crippen molar-refractivity contribution in [2.45, 2.75) is 12.5 Å². The molecule has 4 nitrogen and oxygen atoms in total. The van der Waals surface area contributed by atoms with Crippen molar-refractivity contribution in [1.29, 1.82) is 0 Å². The standard InChI is InChI=1S/C9H11NO3/c10-6-1-2-13-8-4-5(11)3-7(12)9(6)8/h3-4,6,11-12H,1-2,10H2/t6-/m1/s1. The van der Waals surface area contributed by atoms with Crippen LogP contribution in [-0.4, -0.2) is 16.8 Å². The smallest absolute Gasteiger partial charge is 0.131 e. The summed E-state index contributed by atoms with van der Waals surface area (Å²) in [6.45, 7) is 0.525. The van der Waals surface area contributed by atoms with Gasteiger partial charge in [-0.05, 0) is 0 Å². The van der Waals surface area contributed by atoms with Gasteiger partial charge in [-0.1, -0.05) is 0 Å². The zero-order valence-corrected chi connectivity index (χ0v) is 7.03. The third kappa shape index (κ3) is 1.29. The van der Waals surface area contributed by atoms with E-state index in [0.29, 0.717) is 24.3 Å². The van der Waals surface area contributed by atoms with E-state index < -0.39 is 0 Å². The number of fused-ring (bicyclic) bond motifs is 1. The van der Waals surface area contributed by atoms with Crippen molar-refractivity contribution in [1.82, 2.24) is 0 Å². The second kappa shape index (κ2) is 2.81. The molecule has 1 aliphatic heterocycles. The lowest BCUT2D eigenvalue weighted by molar-refractivity contribution is 0.262. The molecule has 13 heavy (non-hydrogen) atoms. The van der Waals surface area contributed by atoms with Crippen molar-refractivity contribution in [2.75, 3.05) is 6.61 Å². The van der Waals surface area contributed by atoms with Gasteiger partial charge in [0, 0.05) is 24.6 Å². The fourth-order valence-corrected chi connectivity index (χ4v) is 1.53. The molecule has 1 aliphatic rings. The van der Waals surface area contributed by atoms with E-state index in [1.165, 1.54) is 12.1 Å². The molecule has 70 valence electrons. The molecule has 0 saturated heterocycles. The van der Waals surface area contributed by atoms with E-state index >= 15 is 0 Å². The van der Waals surface area contributed by atoms with Crippen LogP contribution in [0.1, 0.15) is 18.0 Å². The van der Waals surface area contributed by atoms with Gasteiger partial charge in [0.05, 0.1) is 12.2 Å². The minimum absolute atomic E-state index is 0.00204. The number of aromatic hydroxyl groups is 2. The second-order valence-electron chi connectivity index (χ2n) is 3.12. The summed E-state index contributed by atoms with van der Waals surface area (Å²) in [7, 11) is 0. The molecule has 0 radical (unpaired) electrons. The maximum Gasteiger partial charge on any atom is 0.131 e. The SMILES string of the molecule is N[C@@H]1CCOc2cc(O)cc(O)c21. The quantitative estimate of drug-likeness (QED) is 0.555. The van der Waals surface area contributed by atoms with Crippen LogP contribution in [0.25, 0.3) is 0 Å². The number of ether oxygens (including phenoxy) is 1. The zero-order chi connectivity index (χ0) is 9.42. The van der Waals surface area contributed by atoms with Crippen LogP contribution >= 0.6 is 0 Å². The van der Waals surface area contributed by atoms with Gasteiger partial charge in [0.1, 0.15) is 17.2 Å². The van der Waals surface area contributed by atoms with Gasteiger partial charge in [-0.25, -0.2) is 0 Å². The molecule has 0 bridgehead atoms. The van der Waals surface area contributed by atoms with Crippen molar-refractivity contribution in [3.8, 4) is 17.2 Å². The zero-order valence-electron chi connectivity index (χ0n) is 7.03. The Bertz CT molecular complexity index is 338. The van der Waals surface area contributed by atoms with E-state index in [1.54, 1.807) is 0 Å². The Morgan fingerprint density at radius 1 is 1.38 bits per heavy atom. The van der Waals surface area contributed by atoms with Crippen molar-refractivity contribution in [3.05, 3.63) is 17.7 Å². The van der Waals surface area contributed by atoms with Gasteiger partial charge in [0.15, 0.2) is 0 Å². The monoisotopic (exact) mass is 181 g/mol. The predicted octanol–water partition coefficient (Wildman–Crippen LogP) is 0.880. The summed E-state index contributed by atoms with van der Waals surface area (Å²) in [5.74, 6) is 0.476. The predicted molar refractivity (Wildman–Crippen MR) is 46.8 cm³/mol. The Morgan fingerprint density at radius 2 is 2.15 bits per heavy atom. The van der Waals surface area contributed by atoms with Crippen molar-refractivity contribution < 1.29 is 14.9 Å². The van der Waals surface area contributed by atoms with Crippen LogP contribution in [0.4, 0.5) is 0 Å². The molecule has 4 heteroatoms. The number of hydrogen-bond acceptors (Lipinski definition) is 4. The van der Waals surface area contributed by atoms with Crippen LogP contribution in [0.2, 0.25) is 0 Å². The molecular weight excluding hydrogens is 170 g/mol. The lowest BCUT2D eigenvalue weighted by Crippen LogP contribution is -2.20. The molecular formula is C9H11NO3. The van der Waals surface area contributed by atoms with Gasteiger partial charge in [0.25, 0.3) is 0 Å². The van der Waals surface area contributed by atoms with Gasteiger partial charge in [-0.2, -0.15) is 0 Å². The molecule has 0 amide bonds. The highest BCUT2D eigenvalue weighted by molar-refractivity contribution is 5.51. The Morgan fingerprint density at radius 3 is 2.92 bits per heavy atom. The van der Waals surface area contributed by atoms with E-state index in [1.807, 2.05) is 0 Å². The van der Waals surface area contributed by atoms with Crippen LogP contribution in [0.3, 0.4) is 0 Å². The Hall–Kier alpha value is -1.42. The lowest BCUT2D eigenvalue weighted by Gasteiger charge is -2.23. The Kier molecular flexibility index (Phi) is 1.77. The van der Waals surface area contributed by atoms with Crippen LogP contribution in [0.5, 0.6) is 17.2 Å². The molecule has 1 heterocycles. The average molecular weight is 181 g/mol. The second-order valence-corrected chi connectivity index (χ2v) is 3.12. The third-order valence-electron chi connectivity index (χ3n) is 2.16. The van der Waals surface area contributed by atoms with E-state index in [0.717, 1.165) is 0 Å².